The molecule has 0 radical (unpaired) electrons. The largest absolute Gasteiger partial charge is 0.490 e. The molecule has 2 heterocycles. The highest BCUT2D eigenvalue weighted by Crippen LogP contribution is 2.37. The zero-order valence-electron chi connectivity index (χ0n) is 20.9. The van der Waals surface area contributed by atoms with Gasteiger partial charge >= 0.3 is 12.1 Å². The minimum absolute atomic E-state index is 0.0147. The van der Waals surface area contributed by atoms with Gasteiger partial charge in [-0.15, -0.1) is 0 Å². The molecule has 2 aromatic carbocycles. The van der Waals surface area contributed by atoms with E-state index in [1.807, 2.05) is 18.2 Å². The number of rotatable bonds is 6. The van der Waals surface area contributed by atoms with E-state index in [0.29, 0.717) is 18.4 Å². The molecule has 0 unspecified atom stereocenters. The maximum Gasteiger partial charge on any atom is 0.416 e. The van der Waals surface area contributed by atoms with Gasteiger partial charge in [0.05, 0.1) is 12.7 Å². The van der Waals surface area contributed by atoms with E-state index in [1.54, 1.807) is 17.0 Å². The van der Waals surface area contributed by atoms with E-state index in [-0.39, 0.29) is 56.7 Å². The van der Waals surface area contributed by atoms with Gasteiger partial charge in [0.25, 0.3) is 0 Å². The summed E-state index contributed by atoms with van der Waals surface area (Å²) in [6.45, 7) is 0.622. The Hall–Kier alpha value is -3.12. The predicted octanol–water partition coefficient (Wildman–Crippen LogP) is 3.91. The number of sulfonamides is 1. The van der Waals surface area contributed by atoms with E-state index in [9.17, 15) is 26.4 Å². The van der Waals surface area contributed by atoms with E-state index in [0.717, 1.165) is 12.1 Å². The van der Waals surface area contributed by atoms with Crippen LogP contribution in [-0.4, -0.2) is 73.6 Å². The third-order valence-corrected chi connectivity index (χ3v) is 9.82. The van der Waals surface area contributed by atoms with Crippen molar-refractivity contribution in [3.05, 3.63) is 65.7 Å². The molecule has 2 aromatic rings. The number of alkyl halides is 3. The maximum absolute atomic E-state index is 13.8. The van der Waals surface area contributed by atoms with Crippen molar-refractivity contribution < 1.29 is 35.9 Å². The number of carbonyl (C=O) groups excluding carboxylic acids is 1. The molecule has 12 heteroatoms. The smallest absolute Gasteiger partial charge is 0.416 e. The number of hydrogen-bond donors (Lipinski definition) is 1. The van der Waals surface area contributed by atoms with E-state index in [1.165, 1.54) is 23.5 Å². The summed E-state index contributed by atoms with van der Waals surface area (Å²) in [7, 11) is -2.94. The molecular formula is C26H30F3N3O5S. The van der Waals surface area contributed by atoms with Crippen LogP contribution in [0.3, 0.4) is 0 Å². The lowest BCUT2D eigenvalue weighted by Gasteiger charge is -2.43. The number of amidine groups is 1. The molecular weight excluding hydrogens is 523 g/mol. The number of likely N-dealkylation sites (tertiary alicyclic amines) is 1. The number of ether oxygens (including phenoxy) is 2. The number of esters is 1. The zero-order chi connectivity index (χ0) is 27.6. The van der Waals surface area contributed by atoms with Gasteiger partial charge in [-0.1, -0.05) is 30.3 Å². The summed E-state index contributed by atoms with van der Waals surface area (Å²) in [6.07, 6.45) is -4.20. The topological polar surface area (TPSA) is 100 Å². The monoisotopic (exact) mass is 553 g/mol. The quantitative estimate of drug-likeness (QED) is 0.331. The fourth-order valence-corrected chi connectivity index (χ4v) is 7.15. The molecule has 4 rings (SSSR count). The molecule has 0 spiro atoms. The number of halogens is 3. The van der Waals surface area contributed by atoms with Gasteiger partial charge in [-0.3, -0.25) is 10.2 Å². The first-order valence-electron chi connectivity index (χ1n) is 12.3. The number of benzene rings is 2. The Kier molecular flexibility index (Phi) is 8.03. The SMILES string of the molecule is COC(=O)C1(S(=O)(=O)N2CCC(Oc3ccc(C(F)(F)F)cc3)CC2)CCN(C(=N)c2ccccc2)CC1. The van der Waals surface area contributed by atoms with Crippen LogP contribution in [0.4, 0.5) is 13.2 Å². The van der Waals surface area contributed by atoms with Gasteiger partial charge in [0.1, 0.15) is 17.7 Å². The summed E-state index contributed by atoms with van der Waals surface area (Å²) >= 11 is 0. The van der Waals surface area contributed by atoms with Crippen molar-refractivity contribution in [1.29, 1.82) is 5.41 Å². The lowest BCUT2D eigenvalue weighted by atomic mass is 9.95. The van der Waals surface area contributed by atoms with Crippen molar-refractivity contribution in [2.45, 2.75) is 42.7 Å². The van der Waals surface area contributed by atoms with Gasteiger partial charge in [-0.25, -0.2) is 12.7 Å². The van der Waals surface area contributed by atoms with Crippen LogP contribution in [0.1, 0.15) is 36.8 Å². The Morgan fingerprint density at radius 1 is 0.974 bits per heavy atom. The van der Waals surface area contributed by atoms with E-state index in [2.05, 4.69) is 0 Å². The summed E-state index contributed by atoms with van der Waals surface area (Å²) < 4.78 is 76.3. The van der Waals surface area contributed by atoms with Crippen LogP contribution in [0.25, 0.3) is 0 Å². The number of nitrogens with zero attached hydrogens (tertiary/aromatic N) is 2. The molecule has 0 atom stereocenters. The summed E-state index contributed by atoms with van der Waals surface area (Å²) in [6, 6.07) is 13.5. The molecule has 0 amide bonds. The highest BCUT2D eigenvalue weighted by atomic mass is 32.2. The number of carbonyl (C=O) groups is 1. The summed E-state index contributed by atoms with van der Waals surface area (Å²) in [5.41, 5.74) is -0.0696. The van der Waals surface area contributed by atoms with Gasteiger partial charge in [-0.2, -0.15) is 13.2 Å². The van der Waals surface area contributed by atoms with Crippen molar-refractivity contribution >= 4 is 21.8 Å². The average Bonchev–Trinajstić information content (AvgIpc) is 2.92. The molecule has 2 saturated heterocycles. The second-order valence-corrected chi connectivity index (χ2v) is 11.7. The standard InChI is InChI=1S/C26H30F3N3O5S/c1-36-24(33)25(13-17-31(18-14-25)23(30)19-5-3-2-4-6-19)38(34,35)32-15-11-22(12-16-32)37-21-9-7-20(8-10-21)26(27,28)29/h2-10,22,30H,11-18H2,1H3. The fourth-order valence-electron chi connectivity index (χ4n) is 4.98. The van der Waals surface area contributed by atoms with E-state index >= 15 is 0 Å². The van der Waals surface area contributed by atoms with Crippen LogP contribution in [0.5, 0.6) is 5.75 Å². The fraction of sp³-hybridized carbons (Fsp3) is 0.462. The Bertz CT molecular complexity index is 1240. The van der Waals surface area contributed by atoms with Crippen LogP contribution in [-0.2, 0) is 25.7 Å². The second kappa shape index (κ2) is 10.9. The minimum Gasteiger partial charge on any atom is -0.490 e. The van der Waals surface area contributed by atoms with E-state index < -0.39 is 32.5 Å². The lowest BCUT2D eigenvalue weighted by Crippen LogP contribution is -2.60. The first-order valence-corrected chi connectivity index (χ1v) is 13.7. The Balaban J connectivity index is 1.41. The van der Waals surface area contributed by atoms with Crippen LogP contribution in [0.15, 0.2) is 54.6 Å². The Morgan fingerprint density at radius 3 is 2.08 bits per heavy atom. The van der Waals surface area contributed by atoms with Crippen molar-refractivity contribution in [2.75, 3.05) is 33.3 Å². The molecule has 0 aromatic heterocycles. The molecule has 0 saturated carbocycles. The summed E-state index contributed by atoms with van der Waals surface area (Å²) in [5.74, 6) is -0.271. The number of nitrogens with one attached hydrogen (secondary N) is 1. The van der Waals surface area contributed by atoms with Gasteiger partial charge in [0.2, 0.25) is 10.0 Å². The third kappa shape index (κ3) is 5.51. The summed E-state index contributed by atoms with van der Waals surface area (Å²) in [5, 5.41) is 8.49. The molecule has 0 aliphatic carbocycles. The molecule has 2 aliphatic rings. The van der Waals surface area contributed by atoms with Crippen LogP contribution in [0, 0.1) is 5.41 Å². The van der Waals surface area contributed by atoms with Crippen LogP contribution in [0.2, 0.25) is 0 Å². The van der Waals surface area contributed by atoms with Gasteiger partial charge < -0.3 is 14.4 Å². The third-order valence-electron chi connectivity index (χ3n) is 7.21. The van der Waals surface area contributed by atoms with E-state index in [4.69, 9.17) is 14.9 Å². The highest BCUT2D eigenvalue weighted by molar-refractivity contribution is 7.91. The molecule has 1 N–H and O–H groups in total. The predicted molar refractivity (Wildman–Crippen MR) is 134 cm³/mol. The van der Waals surface area contributed by atoms with Crippen molar-refractivity contribution in [3.63, 3.8) is 0 Å². The first kappa shape index (κ1) is 27.9. The van der Waals surface area contributed by atoms with Gasteiger partial charge in [0, 0.05) is 31.7 Å². The molecule has 38 heavy (non-hydrogen) atoms. The van der Waals surface area contributed by atoms with Gasteiger partial charge in [-0.05, 0) is 49.9 Å². The van der Waals surface area contributed by atoms with Crippen LogP contribution >= 0.6 is 0 Å². The molecule has 0 bridgehead atoms. The van der Waals surface area contributed by atoms with Gasteiger partial charge in [0.15, 0.2) is 4.75 Å². The molecule has 206 valence electrons. The maximum atomic E-state index is 13.8. The molecule has 8 nitrogen and oxygen atoms in total. The molecule has 2 fully saturated rings. The zero-order valence-corrected chi connectivity index (χ0v) is 21.7. The lowest BCUT2D eigenvalue weighted by molar-refractivity contribution is -0.145. The Morgan fingerprint density at radius 2 is 1.55 bits per heavy atom. The Labute approximate surface area is 219 Å². The van der Waals surface area contributed by atoms with Crippen molar-refractivity contribution in [3.8, 4) is 5.75 Å². The van der Waals surface area contributed by atoms with Crippen molar-refractivity contribution in [1.82, 2.24) is 9.21 Å². The second-order valence-electron chi connectivity index (χ2n) is 9.43. The number of methoxy groups -OCH3 is 1. The first-order chi connectivity index (χ1) is 18.0. The number of hydrogen-bond acceptors (Lipinski definition) is 6. The minimum atomic E-state index is -4.44. The van der Waals surface area contributed by atoms with Crippen molar-refractivity contribution in [2.24, 2.45) is 0 Å². The summed E-state index contributed by atoms with van der Waals surface area (Å²) in [4.78, 5) is 14.7. The highest BCUT2D eigenvalue weighted by Gasteiger charge is 2.56. The molecule has 2 aliphatic heterocycles. The van der Waals surface area contributed by atoms with Crippen LogP contribution < -0.4 is 4.74 Å². The normalized spacial score (nSPS) is 19.1. The number of piperidine rings is 2. The average molecular weight is 554 g/mol.